The van der Waals surface area contributed by atoms with E-state index >= 15 is 0 Å². The van der Waals surface area contributed by atoms with E-state index < -0.39 is 9.84 Å². The smallest absolute Gasteiger partial charge is 0.150 e. The molecule has 5 heteroatoms. The van der Waals surface area contributed by atoms with Gasteiger partial charge in [-0.05, 0) is 32.7 Å². The van der Waals surface area contributed by atoms with Crippen molar-refractivity contribution in [2.75, 3.05) is 31.1 Å². The molecule has 1 unspecified atom stereocenters. The third kappa shape index (κ3) is 5.40. The summed E-state index contributed by atoms with van der Waals surface area (Å²) in [6, 6.07) is 0.511. The van der Waals surface area contributed by atoms with Crippen molar-refractivity contribution in [1.29, 1.82) is 0 Å². The molecule has 1 saturated heterocycles. The van der Waals surface area contributed by atoms with Crippen LogP contribution in [0.1, 0.15) is 41.0 Å². The second-order valence-corrected chi connectivity index (χ2v) is 9.11. The van der Waals surface area contributed by atoms with Gasteiger partial charge in [-0.25, -0.2) is 8.42 Å². The minimum Gasteiger partial charge on any atom is -0.309 e. The van der Waals surface area contributed by atoms with E-state index in [9.17, 15) is 8.42 Å². The summed E-state index contributed by atoms with van der Waals surface area (Å²) >= 11 is 0. The van der Waals surface area contributed by atoms with Gasteiger partial charge in [-0.2, -0.15) is 0 Å². The van der Waals surface area contributed by atoms with Crippen LogP contribution < -0.4 is 5.32 Å². The Hall–Kier alpha value is -0.130. The highest BCUT2D eigenvalue weighted by molar-refractivity contribution is 7.91. The topological polar surface area (TPSA) is 49.4 Å². The van der Waals surface area contributed by atoms with Gasteiger partial charge in [-0.3, -0.25) is 4.90 Å². The van der Waals surface area contributed by atoms with Crippen molar-refractivity contribution in [3.05, 3.63) is 0 Å². The van der Waals surface area contributed by atoms with Gasteiger partial charge in [0.2, 0.25) is 0 Å². The van der Waals surface area contributed by atoms with E-state index in [0.717, 1.165) is 26.1 Å². The van der Waals surface area contributed by atoms with E-state index in [-0.39, 0.29) is 11.3 Å². The fraction of sp³-hybridized carbons (Fsp3) is 1.00. The Kier molecular flexibility index (Phi) is 5.83. The monoisotopic (exact) mass is 290 g/mol. The third-order valence-corrected chi connectivity index (χ3v) is 5.76. The first-order valence-corrected chi connectivity index (χ1v) is 9.18. The number of rotatable bonds is 6. The summed E-state index contributed by atoms with van der Waals surface area (Å²) in [6.07, 6.45) is 0.746. The maximum atomic E-state index is 11.6. The molecule has 114 valence electrons. The highest BCUT2D eigenvalue weighted by Crippen LogP contribution is 2.20. The average Bonchev–Trinajstić information content (AvgIpc) is 2.27. The lowest BCUT2D eigenvalue weighted by Crippen LogP contribution is -2.63. The highest BCUT2D eigenvalue weighted by atomic mass is 32.2. The van der Waals surface area contributed by atoms with E-state index in [1.165, 1.54) is 0 Å². The zero-order valence-electron chi connectivity index (χ0n) is 13.1. The molecular formula is C14H30N2O2S. The summed E-state index contributed by atoms with van der Waals surface area (Å²) in [5.74, 6) is 1.16. The largest absolute Gasteiger partial charge is 0.309 e. The molecule has 1 heterocycles. The van der Waals surface area contributed by atoms with Crippen LogP contribution >= 0.6 is 0 Å². The molecule has 0 aromatic carbocycles. The number of piperazine rings is 1. The Bertz CT molecular complexity index is 377. The molecule has 19 heavy (non-hydrogen) atoms. The lowest BCUT2D eigenvalue weighted by atomic mass is 9.93. The Morgan fingerprint density at radius 1 is 1.37 bits per heavy atom. The predicted molar refractivity (Wildman–Crippen MR) is 81.2 cm³/mol. The van der Waals surface area contributed by atoms with Gasteiger partial charge in [0.05, 0.1) is 5.75 Å². The van der Waals surface area contributed by atoms with Gasteiger partial charge in [0.1, 0.15) is 9.84 Å². The minimum atomic E-state index is -2.83. The summed E-state index contributed by atoms with van der Waals surface area (Å²) < 4.78 is 23.1. The Balaban J connectivity index is 2.56. The zero-order chi connectivity index (χ0) is 14.7. The fourth-order valence-electron chi connectivity index (χ4n) is 2.72. The molecule has 0 spiro atoms. The van der Waals surface area contributed by atoms with Crippen LogP contribution in [0.5, 0.6) is 0 Å². The second-order valence-electron chi connectivity index (χ2n) is 6.64. The van der Waals surface area contributed by atoms with Crippen LogP contribution in [0.15, 0.2) is 0 Å². The van der Waals surface area contributed by atoms with Gasteiger partial charge >= 0.3 is 0 Å². The van der Waals surface area contributed by atoms with Gasteiger partial charge < -0.3 is 5.32 Å². The summed E-state index contributed by atoms with van der Waals surface area (Å²) in [5.41, 5.74) is 0.120. The van der Waals surface area contributed by atoms with Crippen LogP contribution in [0, 0.1) is 5.92 Å². The fourth-order valence-corrected chi connectivity index (χ4v) is 3.58. The van der Waals surface area contributed by atoms with Crippen molar-refractivity contribution < 1.29 is 8.42 Å². The molecule has 0 bridgehead atoms. The molecule has 4 nitrogen and oxygen atoms in total. The summed E-state index contributed by atoms with van der Waals surface area (Å²) in [7, 11) is -2.83. The Labute approximate surface area is 118 Å². The number of hydrogen-bond donors (Lipinski definition) is 1. The quantitative estimate of drug-likeness (QED) is 0.806. The highest BCUT2D eigenvalue weighted by Gasteiger charge is 2.33. The molecule has 0 radical (unpaired) electrons. The van der Waals surface area contributed by atoms with Gasteiger partial charge in [-0.15, -0.1) is 0 Å². The summed E-state index contributed by atoms with van der Waals surface area (Å²) in [6.45, 7) is 13.5. The van der Waals surface area contributed by atoms with E-state index in [1.54, 1.807) is 6.92 Å². The molecule has 1 fully saturated rings. The molecule has 0 aliphatic carbocycles. The van der Waals surface area contributed by atoms with Crippen LogP contribution in [0.3, 0.4) is 0 Å². The van der Waals surface area contributed by atoms with Crippen molar-refractivity contribution in [2.45, 2.75) is 52.6 Å². The molecule has 0 amide bonds. The zero-order valence-corrected chi connectivity index (χ0v) is 13.9. The number of nitrogens with zero attached hydrogens (tertiary/aromatic N) is 1. The summed E-state index contributed by atoms with van der Waals surface area (Å²) in [4.78, 5) is 2.46. The Morgan fingerprint density at radius 2 is 2.00 bits per heavy atom. The summed E-state index contributed by atoms with van der Waals surface area (Å²) in [5, 5.41) is 3.58. The van der Waals surface area contributed by atoms with Gasteiger partial charge in [-0.1, -0.05) is 20.8 Å². The standard InChI is InChI=1S/C14H30N2O2S/c1-6-19(17,18)9-7-8-16-11-14(4,5)15-10-13(16)12(2)3/h12-13,15H,6-11H2,1-5H3. The third-order valence-electron chi connectivity index (χ3n) is 3.97. The molecule has 1 rings (SSSR count). The predicted octanol–water partition coefficient (Wildman–Crippen LogP) is 1.52. The number of hydrogen-bond acceptors (Lipinski definition) is 4. The van der Waals surface area contributed by atoms with Crippen LogP contribution in [0.2, 0.25) is 0 Å². The van der Waals surface area contributed by atoms with Crippen LogP contribution in [0.25, 0.3) is 0 Å². The first kappa shape index (κ1) is 16.9. The molecular weight excluding hydrogens is 260 g/mol. The lowest BCUT2D eigenvalue weighted by Gasteiger charge is -2.46. The lowest BCUT2D eigenvalue weighted by molar-refractivity contribution is 0.0698. The molecule has 0 saturated carbocycles. The average molecular weight is 290 g/mol. The van der Waals surface area contributed by atoms with Crippen molar-refractivity contribution in [3.63, 3.8) is 0 Å². The van der Waals surface area contributed by atoms with E-state index in [4.69, 9.17) is 0 Å². The molecule has 0 aromatic rings. The maximum absolute atomic E-state index is 11.6. The normalized spacial score (nSPS) is 24.8. The van der Waals surface area contributed by atoms with Gasteiger partial charge in [0.25, 0.3) is 0 Å². The van der Waals surface area contributed by atoms with Crippen molar-refractivity contribution >= 4 is 9.84 Å². The van der Waals surface area contributed by atoms with E-state index in [2.05, 4.69) is 37.9 Å². The molecule has 1 aliphatic heterocycles. The molecule has 1 N–H and O–H groups in total. The Morgan fingerprint density at radius 3 is 2.53 bits per heavy atom. The molecule has 1 atom stereocenters. The van der Waals surface area contributed by atoms with Crippen molar-refractivity contribution in [2.24, 2.45) is 5.92 Å². The second kappa shape index (κ2) is 6.55. The SMILES string of the molecule is CCS(=O)(=O)CCCN1CC(C)(C)NCC1C(C)C. The van der Waals surface area contributed by atoms with Gasteiger partial charge in [0, 0.05) is 30.4 Å². The first-order valence-electron chi connectivity index (χ1n) is 7.36. The minimum absolute atomic E-state index is 0.120. The van der Waals surface area contributed by atoms with E-state index in [0.29, 0.717) is 17.7 Å². The van der Waals surface area contributed by atoms with Crippen molar-refractivity contribution in [1.82, 2.24) is 10.2 Å². The van der Waals surface area contributed by atoms with Crippen LogP contribution in [-0.4, -0.2) is 56.0 Å². The molecule has 1 aliphatic rings. The number of nitrogens with one attached hydrogen (secondary N) is 1. The van der Waals surface area contributed by atoms with Crippen LogP contribution in [0.4, 0.5) is 0 Å². The van der Waals surface area contributed by atoms with Crippen molar-refractivity contribution in [3.8, 4) is 0 Å². The molecule has 0 aromatic heterocycles. The van der Waals surface area contributed by atoms with Crippen LogP contribution in [-0.2, 0) is 9.84 Å². The van der Waals surface area contributed by atoms with Gasteiger partial charge in [0.15, 0.2) is 0 Å². The van der Waals surface area contributed by atoms with E-state index in [1.807, 2.05) is 0 Å². The number of sulfone groups is 1. The first-order chi connectivity index (χ1) is 8.67. The maximum Gasteiger partial charge on any atom is 0.150 e.